The summed E-state index contributed by atoms with van der Waals surface area (Å²) in [6, 6.07) is 7.07. The van der Waals surface area contributed by atoms with E-state index in [0.717, 1.165) is 16.8 Å². The number of fused-ring (bicyclic) bond motifs is 1. The first kappa shape index (κ1) is 11.5. The van der Waals surface area contributed by atoms with Gasteiger partial charge in [-0.1, -0.05) is 0 Å². The number of aryl methyl sites for hydroxylation is 2. The Hall–Kier alpha value is -2.63. The van der Waals surface area contributed by atoms with Crippen molar-refractivity contribution in [3.05, 3.63) is 35.9 Å². The van der Waals surface area contributed by atoms with Crippen LogP contribution in [0.2, 0.25) is 0 Å². The molecule has 2 heterocycles. The van der Waals surface area contributed by atoms with Gasteiger partial charge < -0.3 is 9.52 Å². The molecule has 0 spiro atoms. The van der Waals surface area contributed by atoms with Crippen LogP contribution in [0.25, 0.3) is 22.4 Å². The highest BCUT2D eigenvalue weighted by atomic mass is 16.4. The van der Waals surface area contributed by atoms with Gasteiger partial charge in [-0.25, -0.2) is 9.78 Å². The van der Waals surface area contributed by atoms with Gasteiger partial charge in [-0.2, -0.15) is 5.10 Å². The quantitative estimate of drug-likeness (QED) is 0.761. The zero-order valence-corrected chi connectivity index (χ0v) is 10.4. The summed E-state index contributed by atoms with van der Waals surface area (Å²) in [6.07, 6.45) is 0. The molecule has 0 unspecified atom stereocenters. The van der Waals surface area contributed by atoms with Crippen molar-refractivity contribution >= 4 is 17.1 Å². The van der Waals surface area contributed by atoms with Gasteiger partial charge in [0, 0.05) is 19.5 Å². The molecule has 0 atom stereocenters. The first-order valence-electron chi connectivity index (χ1n) is 5.69. The predicted molar refractivity (Wildman–Crippen MR) is 67.9 cm³/mol. The fraction of sp³-hybridized carbons (Fsp3) is 0.154. The lowest BCUT2D eigenvalue weighted by atomic mass is 10.1. The van der Waals surface area contributed by atoms with E-state index in [4.69, 9.17) is 9.52 Å². The van der Waals surface area contributed by atoms with E-state index in [1.54, 1.807) is 14.0 Å². The maximum atomic E-state index is 10.9. The van der Waals surface area contributed by atoms with Crippen LogP contribution in [0.15, 0.2) is 28.7 Å². The fourth-order valence-corrected chi connectivity index (χ4v) is 2.04. The highest BCUT2D eigenvalue weighted by molar-refractivity contribution is 5.87. The molecular formula is C13H11N3O3. The molecule has 19 heavy (non-hydrogen) atoms. The van der Waals surface area contributed by atoms with Gasteiger partial charge in [0.2, 0.25) is 0 Å². The second-order valence-electron chi connectivity index (χ2n) is 4.26. The molecule has 2 aromatic heterocycles. The van der Waals surface area contributed by atoms with Crippen LogP contribution in [0.3, 0.4) is 0 Å². The normalized spacial score (nSPS) is 11.1. The summed E-state index contributed by atoms with van der Waals surface area (Å²) < 4.78 is 6.94. The molecule has 96 valence electrons. The van der Waals surface area contributed by atoms with Crippen LogP contribution in [0.4, 0.5) is 0 Å². The molecule has 3 rings (SSSR count). The van der Waals surface area contributed by atoms with Crippen molar-refractivity contribution in [3.63, 3.8) is 0 Å². The van der Waals surface area contributed by atoms with Crippen molar-refractivity contribution < 1.29 is 14.3 Å². The van der Waals surface area contributed by atoms with E-state index in [2.05, 4.69) is 10.1 Å². The van der Waals surface area contributed by atoms with Crippen molar-refractivity contribution in [2.75, 3.05) is 0 Å². The van der Waals surface area contributed by atoms with Crippen molar-refractivity contribution in [1.29, 1.82) is 0 Å². The average Bonchev–Trinajstić information content (AvgIpc) is 2.90. The van der Waals surface area contributed by atoms with E-state index in [1.165, 1.54) is 10.7 Å². The number of carboxylic acid groups (broad SMARTS) is 1. The third-order valence-electron chi connectivity index (χ3n) is 2.89. The summed E-state index contributed by atoms with van der Waals surface area (Å²) in [4.78, 5) is 15.2. The molecule has 1 N–H and O–H groups in total. The minimum Gasteiger partial charge on any atom is -0.476 e. The monoisotopic (exact) mass is 257 g/mol. The molecule has 0 saturated heterocycles. The van der Waals surface area contributed by atoms with Crippen molar-refractivity contribution in [2.45, 2.75) is 6.92 Å². The first-order valence-corrected chi connectivity index (χ1v) is 5.69. The Balaban J connectivity index is 2.15. The summed E-state index contributed by atoms with van der Waals surface area (Å²) >= 11 is 0. The van der Waals surface area contributed by atoms with Crippen LogP contribution in [0.1, 0.15) is 16.4 Å². The van der Waals surface area contributed by atoms with E-state index in [9.17, 15) is 4.79 Å². The van der Waals surface area contributed by atoms with Gasteiger partial charge in [-0.05, 0) is 24.3 Å². The lowest BCUT2D eigenvalue weighted by molar-refractivity contribution is 0.0689. The molecule has 6 heteroatoms. The number of nitrogens with zero attached hydrogens (tertiary/aromatic N) is 3. The predicted octanol–water partition coefficient (Wildman–Crippen LogP) is 2.23. The smallest absolute Gasteiger partial charge is 0.356 e. The number of oxazole rings is 1. The Morgan fingerprint density at radius 1 is 1.37 bits per heavy atom. The standard InChI is InChI=1S/C13H11N3O3/c1-7-14-9-5-8(3-4-12(9)19-7)11-6-10(13(17)18)15-16(11)2/h3-6H,1-2H3,(H,17,18). The Morgan fingerprint density at radius 2 is 2.16 bits per heavy atom. The number of hydrogen-bond acceptors (Lipinski definition) is 4. The number of aromatic carboxylic acids is 1. The molecule has 0 radical (unpaired) electrons. The largest absolute Gasteiger partial charge is 0.476 e. The van der Waals surface area contributed by atoms with Crippen molar-refractivity contribution in [3.8, 4) is 11.3 Å². The van der Waals surface area contributed by atoms with Crippen LogP contribution in [0, 0.1) is 6.92 Å². The van der Waals surface area contributed by atoms with Gasteiger partial charge in [0.25, 0.3) is 0 Å². The summed E-state index contributed by atoms with van der Waals surface area (Å²) in [5.41, 5.74) is 3.05. The van der Waals surface area contributed by atoms with E-state index < -0.39 is 5.97 Å². The van der Waals surface area contributed by atoms with Crippen molar-refractivity contribution in [2.24, 2.45) is 7.05 Å². The van der Waals surface area contributed by atoms with Crippen LogP contribution < -0.4 is 0 Å². The minimum absolute atomic E-state index is 0.0222. The second kappa shape index (κ2) is 3.94. The molecule has 1 aromatic carbocycles. The SMILES string of the molecule is Cc1nc2cc(-c3cc(C(=O)O)nn3C)ccc2o1. The molecule has 0 saturated carbocycles. The van der Waals surface area contributed by atoms with Gasteiger partial charge in [-0.3, -0.25) is 4.68 Å². The van der Waals surface area contributed by atoms with E-state index in [1.807, 2.05) is 18.2 Å². The topological polar surface area (TPSA) is 81.1 Å². The Kier molecular flexibility index (Phi) is 2.38. The van der Waals surface area contributed by atoms with Gasteiger partial charge in [0.05, 0.1) is 5.69 Å². The van der Waals surface area contributed by atoms with Crippen LogP contribution >= 0.6 is 0 Å². The third-order valence-corrected chi connectivity index (χ3v) is 2.89. The van der Waals surface area contributed by atoms with Gasteiger partial charge in [0.1, 0.15) is 5.52 Å². The molecule has 0 aliphatic heterocycles. The molecule has 0 aliphatic carbocycles. The molecule has 0 amide bonds. The van der Waals surface area contributed by atoms with E-state index >= 15 is 0 Å². The van der Waals surface area contributed by atoms with E-state index in [0.29, 0.717) is 11.5 Å². The van der Waals surface area contributed by atoms with Gasteiger partial charge >= 0.3 is 5.97 Å². The zero-order valence-electron chi connectivity index (χ0n) is 10.4. The Labute approximate surface area is 108 Å². The maximum absolute atomic E-state index is 10.9. The molecule has 0 fully saturated rings. The average molecular weight is 257 g/mol. The Morgan fingerprint density at radius 3 is 2.84 bits per heavy atom. The summed E-state index contributed by atoms with van der Waals surface area (Å²) in [5.74, 6) is -0.441. The fourth-order valence-electron chi connectivity index (χ4n) is 2.04. The van der Waals surface area contributed by atoms with Crippen LogP contribution in [-0.4, -0.2) is 25.8 Å². The van der Waals surface area contributed by atoms with Crippen molar-refractivity contribution in [1.82, 2.24) is 14.8 Å². The number of carbonyl (C=O) groups is 1. The third kappa shape index (κ3) is 1.87. The lowest BCUT2D eigenvalue weighted by Gasteiger charge is -2.00. The molecular weight excluding hydrogens is 246 g/mol. The second-order valence-corrected chi connectivity index (χ2v) is 4.26. The number of aromatic nitrogens is 3. The number of benzene rings is 1. The van der Waals surface area contributed by atoms with Gasteiger partial charge in [0.15, 0.2) is 17.2 Å². The molecule has 6 nitrogen and oxygen atoms in total. The molecule has 0 bridgehead atoms. The van der Waals surface area contributed by atoms with Crippen LogP contribution in [-0.2, 0) is 7.05 Å². The maximum Gasteiger partial charge on any atom is 0.356 e. The lowest BCUT2D eigenvalue weighted by Crippen LogP contribution is -1.99. The highest BCUT2D eigenvalue weighted by Crippen LogP contribution is 2.25. The van der Waals surface area contributed by atoms with Crippen LogP contribution in [0.5, 0.6) is 0 Å². The Bertz CT molecular complexity index is 786. The van der Waals surface area contributed by atoms with E-state index in [-0.39, 0.29) is 5.69 Å². The zero-order chi connectivity index (χ0) is 13.6. The summed E-state index contributed by atoms with van der Waals surface area (Å²) in [7, 11) is 1.71. The first-order chi connectivity index (χ1) is 9.04. The number of rotatable bonds is 2. The molecule has 3 aromatic rings. The summed E-state index contributed by atoms with van der Waals surface area (Å²) in [5, 5.41) is 12.9. The molecule has 0 aliphatic rings. The highest BCUT2D eigenvalue weighted by Gasteiger charge is 2.13. The summed E-state index contributed by atoms with van der Waals surface area (Å²) in [6.45, 7) is 1.78. The number of hydrogen-bond donors (Lipinski definition) is 1. The minimum atomic E-state index is -1.04. The van der Waals surface area contributed by atoms with Gasteiger partial charge in [-0.15, -0.1) is 0 Å². The number of carboxylic acids is 1.